The Morgan fingerprint density at radius 1 is 0.359 bits per heavy atom. The lowest BCUT2D eigenvalue weighted by Gasteiger charge is -2.21. The van der Waals surface area contributed by atoms with Gasteiger partial charge in [-0.25, -0.2) is 4.57 Å². The molecule has 0 aromatic carbocycles. The van der Waals surface area contributed by atoms with Crippen molar-refractivity contribution in [2.75, 3.05) is 26.4 Å². The van der Waals surface area contributed by atoms with Gasteiger partial charge in [0.1, 0.15) is 12.7 Å². The Balaban J connectivity index is 4.95. The highest BCUT2D eigenvalue weighted by Gasteiger charge is 2.28. The Bertz CT molecular complexity index is 1960. The largest absolute Gasteiger partial charge is 0.472 e. The average molecular weight is 1100 g/mol. The van der Waals surface area contributed by atoms with Crippen LogP contribution < -0.4 is 0 Å². The van der Waals surface area contributed by atoms with Gasteiger partial charge in [-0.1, -0.05) is 197 Å². The van der Waals surface area contributed by atoms with Crippen molar-refractivity contribution in [3.05, 3.63) is 170 Å². The maximum Gasteiger partial charge on any atom is 0.472 e. The molecular formula is C66H101O11P. The number of hydrogen-bond acceptors (Lipinski definition) is 10. The molecule has 2 N–H and O–H groups in total. The third-order valence-electron chi connectivity index (χ3n) is 11.1. The van der Waals surface area contributed by atoms with E-state index in [2.05, 4.69) is 179 Å². The number of carbonyl (C=O) groups is 3. The van der Waals surface area contributed by atoms with Crippen LogP contribution in [0, 0.1) is 0 Å². The summed E-state index contributed by atoms with van der Waals surface area (Å²) in [4.78, 5) is 48.6. The fourth-order valence-corrected chi connectivity index (χ4v) is 7.60. The lowest BCUT2D eigenvalue weighted by molar-refractivity contribution is -0.161. The number of aliphatic hydroxyl groups excluding tert-OH is 1. The predicted octanol–water partition coefficient (Wildman–Crippen LogP) is 17.5. The van der Waals surface area contributed by atoms with E-state index in [1.807, 2.05) is 12.2 Å². The molecule has 0 saturated heterocycles. The second-order valence-electron chi connectivity index (χ2n) is 18.3. The van der Waals surface area contributed by atoms with Crippen molar-refractivity contribution in [1.29, 1.82) is 0 Å². The first kappa shape index (κ1) is 72.8. The van der Waals surface area contributed by atoms with Crippen molar-refractivity contribution < 1.29 is 52.2 Å². The average Bonchev–Trinajstić information content (AvgIpc) is 3.43. The minimum Gasteiger partial charge on any atom is -0.462 e. The Kier molecular flexibility index (Phi) is 54.2. The maximum absolute atomic E-state index is 12.9. The van der Waals surface area contributed by atoms with Crippen molar-refractivity contribution in [3.63, 3.8) is 0 Å². The topological polar surface area (TPSA) is 155 Å². The lowest BCUT2D eigenvalue weighted by atomic mass is 10.1. The molecule has 3 unspecified atom stereocenters. The van der Waals surface area contributed by atoms with E-state index in [0.29, 0.717) is 25.7 Å². The zero-order valence-electron chi connectivity index (χ0n) is 48.0. The van der Waals surface area contributed by atoms with Crippen LogP contribution in [0.25, 0.3) is 0 Å². The highest BCUT2D eigenvalue weighted by atomic mass is 31.2. The first-order valence-electron chi connectivity index (χ1n) is 29.0. The predicted molar refractivity (Wildman–Crippen MR) is 325 cm³/mol. The highest BCUT2D eigenvalue weighted by molar-refractivity contribution is 7.47. The molecule has 0 amide bonds. The van der Waals surface area contributed by atoms with Gasteiger partial charge >= 0.3 is 25.7 Å². The van der Waals surface area contributed by atoms with E-state index >= 15 is 0 Å². The molecule has 12 heteroatoms. The summed E-state index contributed by atoms with van der Waals surface area (Å²) in [5.41, 5.74) is 0. The fourth-order valence-electron chi connectivity index (χ4n) is 6.82. The normalized spacial score (nSPS) is 14.6. The fraction of sp³-hybridized carbons (Fsp3) is 0.530. The van der Waals surface area contributed by atoms with Gasteiger partial charge in [-0.15, -0.1) is 0 Å². The van der Waals surface area contributed by atoms with Crippen LogP contribution in [0.5, 0.6) is 0 Å². The molecule has 0 aromatic rings. The van der Waals surface area contributed by atoms with E-state index in [9.17, 15) is 28.9 Å². The third kappa shape index (κ3) is 55.6. The molecule has 0 bridgehead atoms. The van der Waals surface area contributed by atoms with Gasteiger partial charge in [0.2, 0.25) is 0 Å². The summed E-state index contributed by atoms with van der Waals surface area (Å²) in [5, 5.41) is 9.81. The monoisotopic (exact) mass is 1100 g/mol. The van der Waals surface area contributed by atoms with Crippen LogP contribution in [0.3, 0.4) is 0 Å². The van der Waals surface area contributed by atoms with E-state index in [1.54, 1.807) is 0 Å². The minimum absolute atomic E-state index is 0.102. The molecule has 0 heterocycles. The molecular weight excluding hydrogens is 1000 g/mol. The van der Waals surface area contributed by atoms with E-state index < -0.39 is 64.4 Å². The number of phosphoric ester groups is 1. The van der Waals surface area contributed by atoms with Crippen molar-refractivity contribution in [3.8, 4) is 0 Å². The molecule has 0 fully saturated rings. The molecule has 11 nitrogen and oxygen atoms in total. The van der Waals surface area contributed by atoms with Crippen LogP contribution in [0.2, 0.25) is 0 Å². The van der Waals surface area contributed by atoms with Gasteiger partial charge in [0.15, 0.2) is 6.10 Å². The maximum atomic E-state index is 12.9. The molecule has 0 aliphatic heterocycles. The Morgan fingerprint density at radius 2 is 0.641 bits per heavy atom. The Hall–Kier alpha value is -5.16. The molecule has 0 radical (unpaired) electrons. The number of aliphatic hydroxyl groups is 1. The Labute approximate surface area is 472 Å². The summed E-state index contributed by atoms with van der Waals surface area (Å²) in [6, 6.07) is 0. The van der Waals surface area contributed by atoms with Crippen molar-refractivity contribution >= 4 is 25.7 Å². The van der Waals surface area contributed by atoms with Crippen LogP contribution in [-0.4, -0.2) is 66.5 Å². The lowest BCUT2D eigenvalue weighted by Crippen LogP contribution is -2.30. The molecule has 0 spiro atoms. The van der Waals surface area contributed by atoms with Crippen LogP contribution in [-0.2, 0) is 42.2 Å². The minimum atomic E-state index is -4.80. The quantitative estimate of drug-likeness (QED) is 0.0197. The summed E-state index contributed by atoms with van der Waals surface area (Å²) in [5.74, 6) is -1.64. The van der Waals surface area contributed by atoms with Crippen LogP contribution in [0.4, 0.5) is 0 Å². The van der Waals surface area contributed by atoms with Gasteiger partial charge in [0.05, 0.1) is 19.8 Å². The molecule has 3 atom stereocenters. The van der Waals surface area contributed by atoms with Gasteiger partial charge in [0, 0.05) is 19.3 Å². The van der Waals surface area contributed by atoms with Crippen molar-refractivity contribution in [2.24, 2.45) is 0 Å². The third-order valence-corrected chi connectivity index (χ3v) is 12.1. The SMILES string of the molecule is CC/C=C\C/C=C\C/C=C\C/C=C\C/C=C\CCCCCC(=O)OC(COC(=O)CCC/C=C\C/C=C\C/C=C\C/C=C\C/C=C\CC)COP(=O)(O)OCC(CO)OC(=O)CCCC/C=C\C/C=C\C/C=C\C/C=C\CC. The summed E-state index contributed by atoms with van der Waals surface area (Å²) in [6.07, 6.45) is 77.5. The van der Waals surface area contributed by atoms with Gasteiger partial charge in [-0.2, -0.15) is 0 Å². The number of esters is 3. The summed E-state index contributed by atoms with van der Waals surface area (Å²) < 4.78 is 39.4. The van der Waals surface area contributed by atoms with Gasteiger partial charge in [-0.05, 0) is 141 Å². The zero-order chi connectivity index (χ0) is 56.9. The number of rotatable bonds is 51. The first-order chi connectivity index (χ1) is 38.2. The number of phosphoric acid groups is 1. The van der Waals surface area contributed by atoms with E-state index in [4.69, 9.17) is 23.3 Å². The second kappa shape index (κ2) is 58.0. The van der Waals surface area contributed by atoms with Crippen LogP contribution >= 0.6 is 7.82 Å². The molecule has 0 aromatic heterocycles. The van der Waals surface area contributed by atoms with Gasteiger partial charge < -0.3 is 24.2 Å². The number of ether oxygens (including phenoxy) is 3. The number of allylic oxidation sites excluding steroid dienone is 28. The zero-order valence-corrected chi connectivity index (χ0v) is 48.9. The van der Waals surface area contributed by atoms with E-state index in [1.165, 1.54) is 0 Å². The smallest absolute Gasteiger partial charge is 0.462 e. The highest BCUT2D eigenvalue weighted by Crippen LogP contribution is 2.43. The van der Waals surface area contributed by atoms with Crippen LogP contribution in [0.1, 0.15) is 188 Å². The standard InChI is InChI=1S/C66H101O11P/c1-4-7-10-13-16-19-22-25-28-30-31-33-36-39-42-45-48-51-54-57-66(70)77-63(59-73-64(68)55-52-49-46-43-40-37-35-32-29-26-23-20-17-14-11-8-5-2)61-75-78(71,72)74-60-62(58-67)76-65(69)56-53-50-47-44-41-38-34-27-24-21-18-15-12-9-6-3/h7-12,16-21,25-29,31,33-35,37,39,41-44,46,62-63,67H,4-6,13-15,22-24,30,32,36,38,40,45,47-61H2,1-3H3,(H,71,72)/b10-7-,11-8-,12-9-,19-16-,20-17-,21-18-,28-25-,29-26-,33-31-,34-27-,37-35-,42-39-,44-41-,46-43-. The second-order valence-corrected chi connectivity index (χ2v) is 19.8. The van der Waals surface area contributed by atoms with E-state index in [-0.39, 0.29) is 19.3 Å². The van der Waals surface area contributed by atoms with Gasteiger partial charge in [0.25, 0.3) is 0 Å². The summed E-state index contributed by atoms with van der Waals surface area (Å²) >= 11 is 0. The van der Waals surface area contributed by atoms with Crippen molar-refractivity contribution in [1.82, 2.24) is 0 Å². The number of carbonyl (C=O) groups excluding carboxylic acids is 3. The first-order valence-corrected chi connectivity index (χ1v) is 30.5. The Morgan fingerprint density at radius 3 is 1.00 bits per heavy atom. The molecule has 78 heavy (non-hydrogen) atoms. The summed E-state index contributed by atoms with van der Waals surface area (Å²) in [6.45, 7) is 4.12. The molecule has 0 saturated carbocycles. The van der Waals surface area contributed by atoms with Gasteiger partial charge in [-0.3, -0.25) is 23.4 Å². The van der Waals surface area contributed by atoms with Crippen molar-refractivity contribution in [2.45, 2.75) is 200 Å². The summed E-state index contributed by atoms with van der Waals surface area (Å²) in [7, 11) is -4.80. The molecule has 0 aliphatic carbocycles. The number of hydrogen-bond donors (Lipinski definition) is 2. The molecule has 0 aliphatic rings. The van der Waals surface area contributed by atoms with E-state index in [0.717, 1.165) is 122 Å². The number of unbranched alkanes of at least 4 members (excludes halogenated alkanes) is 6. The van der Waals surface area contributed by atoms with Crippen LogP contribution in [0.15, 0.2) is 170 Å². The molecule has 436 valence electrons. The molecule has 0 rings (SSSR count).